The number of rotatable bonds is 5. The fourth-order valence-electron chi connectivity index (χ4n) is 3.81. The minimum atomic E-state index is -0.588. The second-order valence-corrected chi connectivity index (χ2v) is 7.24. The Bertz CT molecular complexity index is 400. The number of nitrogens with zero attached hydrogens (tertiary/aromatic N) is 1. The molecular formula is C17H30N2O2. The van der Waals surface area contributed by atoms with Crippen molar-refractivity contribution in [1.82, 2.24) is 10.2 Å². The minimum absolute atomic E-state index is 0.0513. The standard InChI is InChI=1S/C17H30N2O2/c1-5-14-15(20)18-17(10-6-7-11-17)16(21)19(14)13(4)9-8-12(2)3/h12-14H,5-11H2,1-4H3,(H,18,20). The first-order chi connectivity index (χ1) is 9.91. The molecule has 2 unspecified atom stereocenters. The van der Waals surface area contributed by atoms with E-state index in [1.54, 1.807) is 0 Å². The first-order valence-electron chi connectivity index (χ1n) is 8.56. The lowest BCUT2D eigenvalue weighted by Crippen LogP contribution is -2.70. The first kappa shape index (κ1) is 16.3. The Hall–Kier alpha value is -1.06. The van der Waals surface area contributed by atoms with Crippen molar-refractivity contribution < 1.29 is 9.59 Å². The lowest BCUT2D eigenvalue weighted by molar-refractivity contribution is -0.157. The summed E-state index contributed by atoms with van der Waals surface area (Å²) in [5.41, 5.74) is -0.588. The third-order valence-corrected chi connectivity index (χ3v) is 5.13. The third-order valence-electron chi connectivity index (χ3n) is 5.13. The Kier molecular flexibility index (Phi) is 4.95. The van der Waals surface area contributed by atoms with Crippen molar-refractivity contribution in [1.29, 1.82) is 0 Å². The van der Waals surface area contributed by atoms with Crippen LogP contribution in [0.2, 0.25) is 0 Å². The molecule has 120 valence electrons. The number of amides is 2. The second kappa shape index (κ2) is 6.37. The van der Waals surface area contributed by atoms with E-state index in [0.717, 1.165) is 38.5 Å². The number of carbonyl (C=O) groups excluding carboxylic acids is 2. The maximum atomic E-state index is 13.1. The Morgan fingerprint density at radius 1 is 1.19 bits per heavy atom. The van der Waals surface area contributed by atoms with Gasteiger partial charge in [0.25, 0.3) is 0 Å². The quantitative estimate of drug-likeness (QED) is 0.847. The van der Waals surface area contributed by atoms with Gasteiger partial charge in [0.1, 0.15) is 11.6 Å². The van der Waals surface area contributed by atoms with E-state index in [1.165, 1.54) is 0 Å². The molecular weight excluding hydrogens is 264 g/mol. The highest BCUT2D eigenvalue weighted by atomic mass is 16.2. The van der Waals surface area contributed by atoms with Crippen LogP contribution in [0.25, 0.3) is 0 Å². The average molecular weight is 294 g/mol. The van der Waals surface area contributed by atoms with Crippen LogP contribution in [0.15, 0.2) is 0 Å². The molecule has 2 fully saturated rings. The molecule has 21 heavy (non-hydrogen) atoms. The van der Waals surface area contributed by atoms with Crippen molar-refractivity contribution in [3.63, 3.8) is 0 Å². The van der Waals surface area contributed by atoms with Gasteiger partial charge >= 0.3 is 0 Å². The van der Waals surface area contributed by atoms with E-state index < -0.39 is 5.54 Å². The number of piperazine rings is 1. The van der Waals surface area contributed by atoms with Crippen molar-refractivity contribution in [2.75, 3.05) is 0 Å². The predicted molar refractivity (Wildman–Crippen MR) is 83.8 cm³/mol. The molecule has 2 rings (SSSR count). The number of hydrogen-bond acceptors (Lipinski definition) is 2. The molecule has 0 aromatic rings. The maximum Gasteiger partial charge on any atom is 0.249 e. The molecule has 0 bridgehead atoms. The summed E-state index contributed by atoms with van der Waals surface area (Å²) in [5, 5.41) is 3.06. The van der Waals surface area contributed by atoms with Gasteiger partial charge in [0.15, 0.2) is 0 Å². The van der Waals surface area contributed by atoms with Crippen molar-refractivity contribution >= 4 is 11.8 Å². The summed E-state index contributed by atoms with van der Waals surface area (Å²) in [7, 11) is 0. The molecule has 0 radical (unpaired) electrons. The van der Waals surface area contributed by atoms with Gasteiger partial charge in [-0.3, -0.25) is 9.59 Å². The lowest BCUT2D eigenvalue weighted by Gasteiger charge is -2.47. The van der Waals surface area contributed by atoms with E-state index in [9.17, 15) is 9.59 Å². The van der Waals surface area contributed by atoms with E-state index >= 15 is 0 Å². The van der Waals surface area contributed by atoms with Gasteiger partial charge in [-0.1, -0.05) is 33.6 Å². The molecule has 1 saturated carbocycles. The number of hydrogen-bond donors (Lipinski definition) is 1. The topological polar surface area (TPSA) is 49.4 Å². The SMILES string of the molecule is CCC1C(=O)NC2(CCCC2)C(=O)N1C(C)CCC(C)C. The van der Waals surface area contributed by atoms with Crippen LogP contribution in [-0.4, -0.2) is 34.3 Å². The molecule has 1 saturated heterocycles. The summed E-state index contributed by atoms with van der Waals surface area (Å²) in [6, 6.07) is -0.140. The zero-order valence-corrected chi connectivity index (χ0v) is 13.9. The largest absolute Gasteiger partial charge is 0.340 e. The Morgan fingerprint density at radius 2 is 1.81 bits per heavy atom. The molecule has 4 heteroatoms. The summed E-state index contributed by atoms with van der Waals surface area (Å²) < 4.78 is 0. The van der Waals surface area contributed by atoms with E-state index in [1.807, 2.05) is 11.8 Å². The molecule has 4 nitrogen and oxygen atoms in total. The molecule has 0 aromatic carbocycles. The molecule has 2 atom stereocenters. The summed E-state index contributed by atoms with van der Waals surface area (Å²) >= 11 is 0. The second-order valence-electron chi connectivity index (χ2n) is 7.24. The molecule has 1 aliphatic carbocycles. The van der Waals surface area contributed by atoms with E-state index in [2.05, 4.69) is 26.1 Å². The van der Waals surface area contributed by atoms with Crippen LogP contribution in [0.5, 0.6) is 0 Å². The maximum absolute atomic E-state index is 13.1. The van der Waals surface area contributed by atoms with Gasteiger partial charge in [-0.2, -0.15) is 0 Å². The van der Waals surface area contributed by atoms with E-state index in [4.69, 9.17) is 0 Å². The summed E-state index contributed by atoms with van der Waals surface area (Å²) in [4.78, 5) is 27.5. The van der Waals surface area contributed by atoms with Crippen molar-refractivity contribution in [3.05, 3.63) is 0 Å². The fourth-order valence-corrected chi connectivity index (χ4v) is 3.81. The molecule has 0 aromatic heterocycles. The van der Waals surface area contributed by atoms with Crippen LogP contribution >= 0.6 is 0 Å². The average Bonchev–Trinajstić information content (AvgIpc) is 2.89. The molecule has 2 aliphatic rings. The molecule has 2 amide bonds. The first-order valence-corrected chi connectivity index (χ1v) is 8.56. The smallest absolute Gasteiger partial charge is 0.249 e. The minimum Gasteiger partial charge on any atom is -0.340 e. The van der Waals surface area contributed by atoms with Gasteiger partial charge in [-0.15, -0.1) is 0 Å². The van der Waals surface area contributed by atoms with E-state index in [0.29, 0.717) is 12.3 Å². The zero-order valence-electron chi connectivity index (χ0n) is 13.9. The van der Waals surface area contributed by atoms with Gasteiger partial charge in [0.05, 0.1) is 0 Å². The molecule has 1 spiro atoms. The molecule has 1 heterocycles. The summed E-state index contributed by atoms with van der Waals surface area (Å²) in [6.45, 7) is 8.50. The number of carbonyl (C=O) groups is 2. The predicted octanol–water partition coefficient (Wildman–Crippen LogP) is 2.86. The van der Waals surface area contributed by atoms with Gasteiger partial charge in [0.2, 0.25) is 11.8 Å². The van der Waals surface area contributed by atoms with Crippen LogP contribution in [0.4, 0.5) is 0 Å². The lowest BCUT2D eigenvalue weighted by atomic mass is 9.88. The van der Waals surface area contributed by atoms with Crippen molar-refractivity contribution in [3.8, 4) is 0 Å². The summed E-state index contributed by atoms with van der Waals surface area (Å²) in [6.07, 6.45) is 6.45. The zero-order chi connectivity index (χ0) is 15.6. The van der Waals surface area contributed by atoms with Crippen LogP contribution in [0.3, 0.4) is 0 Å². The monoisotopic (exact) mass is 294 g/mol. The summed E-state index contributed by atoms with van der Waals surface area (Å²) in [5.74, 6) is 0.847. The van der Waals surface area contributed by atoms with Crippen molar-refractivity contribution in [2.45, 2.75) is 90.3 Å². The van der Waals surface area contributed by atoms with Gasteiger partial charge in [-0.25, -0.2) is 0 Å². The highest BCUT2D eigenvalue weighted by Crippen LogP contribution is 2.36. The van der Waals surface area contributed by atoms with Gasteiger partial charge in [0, 0.05) is 6.04 Å². The molecule has 1 aliphatic heterocycles. The Balaban J connectivity index is 2.20. The van der Waals surface area contributed by atoms with Crippen molar-refractivity contribution in [2.24, 2.45) is 5.92 Å². The highest BCUT2D eigenvalue weighted by Gasteiger charge is 2.52. The van der Waals surface area contributed by atoms with Crippen LogP contribution in [0.1, 0.15) is 72.6 Å². The fraction of sp³-hybridized carbons (Fsp3) is 0.882. The van der Waals surface area contributed by atoms with E-state index in [-0.39, 0.29) is 23.9 Å². The normalized spacial score (nSPS) is 26.5. The number of nitrogens with one attached hydrogen (secondary N) is 1. The van der Waals surface area contributed by atoms with Gasteiger partial charge < -0.3 is 10.2 Å². The highest BCUT2D eigenvalue weighted by molar-refractivity contribution is 6.00. The van der Waals surface area contributed by atoms with Crippen LogP contribution in [0, 0.1) is 5.92 Å². The van der Waals surface area contributed by atoms with Gasteiger partial charge in [-0.05, 0) is 44.9 Å². The third kappa shape index (κ3) is 3.09. The Labute approximate surface area is 128 Å². The Morgan fingerprint density at radius 3 is 2.33 bits per heavy atom. The van der Waals surface area contributed by atoms with Crippen LogP contribution < -0.4 is 5.32 Å². The molecule has 1 N–H and O–H groups in total. The van der Waals surface area contributed by atoms with Crippen LogP contribution in [-0.2, 0) is 9.59 Å².